The van der Waals surface area contributed by atoms with Gasteiger partial charge in [-0.15, -0.1) is 0 Å². The highest BCUT2D eigenvalue weighted by Gasteiger charge is 2.33. The highest BCUT2D eigenvalue weighted by atomic mass is 19.1. The highest BCUT2D eigenvalue weighted by molar-refractivity contribution is 5.48. The fourth-order valence-electron chi connectivity index (χ4n) is 1.96. The Labute approximate surface area is 86.3 Å². The zero-order chi connectivity index (χ0) is 10.8. The second-order valence-corrected chi connectivity index (χ2v) is 3.74. The third kappa shape index (κ3) is 1.84. The molecule has 0 aromatic heterocycles. The molecule has 0 aliphatic heterocycles. The van der Waals surface area contributed by atoms with Crippen molar-refractivity contribution in [2.24, 2.45) is 0 Å². The average Bonchev–Trinajstić information content (AvgIpc) is 2.17. The summed E-state index contributed by atoms with van der Waals surface area (Å²) in [5, 5.41) is 2.63. The summed E-state index contributed by atoms with van der Waals surface area (Å²) < 4.78 is 26.0. The van der Waals surface area contributed by atoms with E-state index in [4.69, 9.17) is 0 Å². The van der Waals surface area contributed by atoms with E-state index < -0.39 is 11.6 Å². The topological polar surface area (TPSA) is 29.1 Å². The van der Waals surface area contributed by atoms with Crippen molar-refractivity contribution < 1.29 is 13.6 Å². The van der Waals surface area contributed by atoms with Gasteiger partial charge in [0.25, 0.3) is 0 Å². The number of nitrogens with one attached hydrogen (secondary N) is 1. The standard InChI is InChI=1S/C11H11F2NO/c12-7-1-2-8(10(13)5-7)9-3-4-11(9)14-6-15/h1-2,5-6,9,11H,3-4H2,(H,14,15)/t9-,11?/m0/s1. The maximum atomic E-state index is 13.4. The van der Waals surface area contributed by atoms with E-state index in [2.05, 4.69) is 5.32 Å². The van der Waals surface area contributed by atoms with Crippen LogP contribution in [0.4, 0.5) is 8.78 Å². The third-order valence-electron chi connectivity index (χ3n) is 2.92. The minimum Gasteiger partial charge on any atom is -0.355 e. The Morgan fingerprint density at radius 3 is 2.67 bits per heavy atom. The lowest BCUT2D eigenvalue weighted by atomic mass is 9.75. The van der Waals surface area contributed by atoms with Crippen LogP contribution in [0.3, 0.4) is 0 Å². The molecule has 1 fully saturated rings. The van der Waals surface area contributed by atoms with E-state index in [0.717, 1.165) is 18.9 Å². The largest absolute Gasteiger partial charge is 0.355 e. The molecule has 1 N–H and O–H groups in total. The number of amides is 1. The molecule has 80 valence electrons. The number of hydrogen-bond acceptors (Lipinski definition) is 1. The highest BCUT2D eigenvalue weighted by Crippen LogP contribution is 2.37. The summed E-state index contributed by atoms with van der Waals surface area (Å²) in [5.74, 6) is -1.12. The summed E-state index contributed by atoms with van der Waals surface area (Å²) in [6.07, 6.45) is 2.30. The summed E-state index contributed by atoms with van der Waals surface area (Å²) in [6.45, 7) is 0. The molecule has 1 aromatic rings. The SMILES string of the molecule is O=CNC1CC[C@H]1c1ccc(F)cc1F. The van der Waals surface area contributed by atoms with Crippen molar-refractivity contribution in [1.29, 1.82) is 0 Å². The Morgan fingerprint density at radius 1 is 1.33 bits per heavy atom. The summed E-state index contributed by atoms with van der Waals surface area (Å²) >= 11 is 0. The predicted octanol–water partition coefficient (Wildman–Crippen LogP) is 1.96. The normalized spacial score (nSPS) is 24.4. The molecule has 0 heterocycles. The van der Waals surface area contributed by atoms with Crippen molar-refractivity contribution in [2.45, 2.75) is 24.8 Å². The molecule has 1 amide bonds. The lowest BCUT2D eigenvalue weighted by Crippen LogP contribution is -2.41. The van der Waals surface area contributed by atoms with E-state index in [-0.39, 0.29) is 12.0 Å². The Morgan fingerprint density at radius 2 is 2.13 bits per heavy atom. The van der Waals surface area contributed by atoms with E-state index >= 15 is 0 Å². The quantitative estimate of drug-likeness (QED) is 0.761. The summed E-state index contributed by atoms with van der Waals surface area (Å²) in [5.41, 5.74) is 0.488. The molecule has 0 saturated heterocycles. The van der Waals surface area contributed by atoms with Crippen molar-refractivity contribution in [3.63, 3.8) is 0 Å². The molecule has 1 unspecified atom stereocenters. The van der Waals surface area contributed by atoms with Crippen molar-refractivity contribution in [3.8, 4) is 0 Å². The minimum atomic E-state index is -0.574. The Bertz CT molecular complexity index is 381. The summed E-state index contributed by atoms with van der Waals surface area (Å²) in [4.78, 5) is 10.3. The molecule has 15 heavy (non-hydrogen) atoms. The fraction of sp³-hybridized carbons (Fsp3) is 0.364. The first-order chi connectivity index (χ1) is 7.22. The molecule has 1 aliphatic rings. The first-order valence-electron chi connectivity index (χ1n) is 4.87. The number of benzene rings is 1. The predicted molar refractivity (Wildman–Crippen MR) is 51.3 cm³/mol. The van der Waals surface area contributed by atoms with Crippen LogP contribution in [0.15, 0.2) is 18.2 Å². The van der Waals surface area contributed by atoms with E-state index in [9.17, 15) is 13.6 Å². The van der Waals surface area contributed by atoms with Gasteiger partial charge in [-0.25, -0.2) is 8.78 Å². The minimum absolute atomic E-state index is 0.0116. The van der Waals surface area contributed by atoms with Gasteiger partial charge in [0.05, 0.1) is 0 Å². The molecule has 2 atom stereocenters. The monoisotopic (exact) mass is 211 g/mol. The fourth-order valence-corrected chi connectivity index (χ4v) is 1.96. The van der Waals surface area contributed by atoms with Crippen molar-refractivity contribution in [1.82, 2.24) is 5.32 Å². The smallest absolute Gasteiger partial charge is 0.207 e. The van der Waals surface area contributed by atoms with Gasteiger partial charge in [0, 0.05) is 18.0 Å². The summed E-state index contributed by atoms with van der Waals surface area (Å²) in [7, 11) is 0. The Balaban J connectivity index is 2.19. The van der Waals surface area contributed by atoms with Gasteiger partial charge in [0.15, 0.2) is 0 Å². The van der Waals surface area contributed by atoms with E-state index in [1.807, 2.05) is 0 Å². The molecule has 0 spiro atoms. The Kier molecular flexibility index (Phi) is 2.66. The van der Waals surface area contributed by atoms with Crippen molar-refractivity contribution in [3.05, 3.63) is 35.4 Å². The van der Waals surface area contributed by atoms with Crippen LogP contribution in [0.1, 0.15) is 24.3 Å². The molecular formula is C11H11F2NO. The van der Waals surface area contributed by atoms with Crippen LogP contribution < -0.4 is 5.32 Å². The lowest BCUT2D eigenvalue weighted by Gasteiger charge is -2.36. The Hall–Kier alpha value is -1.45. The van der Waals surface area contributed by atoms with Crippen LogP contribution in [-0.2, 0) is 4.79 Å². The average molecular weight is 211 g/mol. The molecule has 0 radical (unpaired) electrons. The van der Waals surface area contributed by atoms with Gasteiger partial charge in [-0.1, -0.05) is 6.07 Å². The van der Waals surface area contributed by atoms with Crippen LogP contribution in [0.2, 0.25) is 0 Å². The molecule has 1 saturated carbocycles. The maximum absolute atomic E-state index is 13.4. The zero-order valence-corrected chi connectivity index (χ0v) is 8.04. The van der Waals surface area contributed by atoms with Gasteiger partial charge in [0.2, 0.25) is 6.41 Å². The molecule has 1 aromatic carbocycles. The second kappa shape index (κ2) is 3.96. The second-order valence-electron chi connectivity index (χ2n) is 3.74. The van der Waals surface area contributed by atoms with Gasteiger partial charge in [-0.2, -0.15) is 0 Å². The zero-order valence-electron chi connectivity index (χ0n) is 8.04. The van der Waals surface area contributed by atoms with Crippen LogP contribution in [0.25, 0.3) is 0 Å². The molecular weight excluding hydrogens is 200 g/mol. The van der Waals surface area contributed by atoms with Gasteiger partial charge in [-0.05, 0) is 24.5 Å². The van der Waals surface area contributed by atoms with Gasteiger partial charge >= 0.3 is 0 Å². The first kappa shape index (κ1) is 10.1. The van der Waals surface area contributed by atoms with E-state index in [1.165, 1.54) is 12.1 Å². The van der Waals surface area contributed by atoms with Crippen LogP contribution in [0, 0.1) is 11.6 Å². The number of rotatable bonds is 3. The molecule has 4 heteroatoms. The van der Waals surface area contributed by atoms with Crippen molar-refractivity contribution in [2.75, 3.05) is 0 Å². The number of carbonyl (C=O) groups excluding carboxylic acids is 1. The van der Waals surface area contributed by atoms with E-state index in [1.54, 1.807) is 0 Å². The van der Waals surface area contributed by atoms with Gasteiger partial charge in [-0.3, -0.25) is 4.79 Å². The van der Waals surface area contributed by atoms with Crippen LogP contribution >= 0.6 is 0 Å². The van der Waals surface area contributed by atoms with Crippen LogP contribution in [-0.4, -0.2) is 12.5 Å². The number of carbonyl (C=O) groups is 1. The molecule has 2 nitrogen and oxygen atoms in total. The number of halogens is 2. The molecule has 2 rings (SSSR count). The lowest BCUT2D eigenvalue weighted by molar-refractivity contribution is -0.110. The maximum Gasteiger partial charge on any atom is 0.207 e. The number of hydrogen-bond donors (Lipinski definition) is 1. The van der Waals surface area contributed by atoms with E-state index in [0.29, 0.717) is 12.0 Å². The third-order valence-corrected chi connectivity index (χ3v) is 2.92. The molecule has 1 aliphatic carbocycles. The van der Waals surface area contributed by atoms with Crippen molar-refractivity contribution >= 4 is 6.41 Å². The first-order valence-corrected chi connectivity index (χ1v) is 4.87. The molecule has 0 bridgehead atoms. The van der Waals surface area contributed by atoms with Gasteiger partial charge < -0.3 is 5.32 Å². The van der Waals surface area contributed by atoms with Gasteiger partial charge in [0.1, 0.15) is 11.6 Å². The van der Waals surface area contributed by atoms with Crippen LogP contribution in [0.5, 0.6) is 0 Å². The summed E-state index contributed by atoms with van der Waals surface area (Å²) in [6, 6.07) is 3.57.